The number of thiazole rings is 1. The highest BCUT2D eigenvalue weighted by Gasteiger charge is 2.09. The van der Waals surface area contributed by atoms with Crippen LogP contribution < -0.4 is 5.32 Å². The molecule has 0 aliphatic carbocycles. The first-order valence-electron chi connectivity index (χ1n) is 6.82. The quantitative estimate of drug-likeness (QED) is 0.891. The van der Waals surface area contributed by atoms with Gasteiger partial charge in [-0.05, 0) is 42.6 Å². The van der Waals surface area contributed by atoms with Crippen molar-refractivity contribution in [1.29, 1.82) is 0 Å². The topological polar surface area (TPSA) is 24.9 Å². The van der Waals surface area contributed by atoms with Crippen LogP contribution in [0.15, 0.2) is 24.4 Å². The second-order valence-electron chi connectivity index (χ2n) is 5.20. The Morgan fingerprint density at radius 2 is 2.11 bits per heavy atom. The Morgan fingerprint density at radius 3 is 2.79 bits per heavy atom. The molecule has 2 nitrogen and oxygen atoms in total. The zero-order valence-electron chi connectivity index (χ0n) is 12.2. The highest BCUT2D eigenvalue weighted by molar-refractivity contribution is 7.15. The fourth-order valence-corrected chi connectivity index (χ4v) is 3.05. The molecule has 0 atom stereocenters. The van der Waals surface area contributed by atoms with E-state index in [1.54, 1.807) is 0 Å². The van der Waals surface area contributed by atoms with E-state index in [0.29, 0.717) is 5.92 Å². The van der Waals surface area contributed by atoms with Crippen LogP contribution in [0.2, 0.25) is 0 Å². The van der Waals surface area contributed by atoms with Crippen molar-refractivity contribution in [1.82, 2.24) is 10.3 Å². The summed E-state index contributed by atoms with van der Waals surface area (Å²) in [5.74, 6) is 0.566. The zero-order valence-corrected chi connectivity index (χ0v) is 13.0. The summed E-state index contributed by atoms with van der Waals surface area (Å²) in [5, 5.41) is 4.37. The molecule has 0 radical (unpaired) electrons. The SMILES string of the molecule is CNCCc1ncc(-c2cc(C(C)C)ccc2C)s1. The van der Waals surface area contributed by atoms with E-state index in [9.17, 15) is 0 Å². The number of aryl methyl sites for hydroxylation is 1. The molecule has 1 heterocycles. The average Bonchev–Trinajstić information content (AvgIpc) is 2.85. The van der Waals surface area contributed by atoms with Crippen molar-refractivity contribution < 1.29 is 0 Å². The number of hydrogen-bond acceptors (Lipinski definition) is 3. The average molecular weight is 274 g/mol. The molecule has 0 aliphatic heterocycles. The molecule has 0 fully saturated rings. The Labute approximate surface area is 119 Å². The smallest absolute Gasteiger partial charge is 0.0943 e. The third-order valence-corrected chi connectivity index (χ3v) is 4.43. The van der Waals surface area contributed by atoms with Crippen LogP contribution in [0.25, 0.3) is 10.4 Å². The largest absolute Gasteiger partial charge is 0.319 e. The standard InChI is InChI=1S/C16H22N2S/c1-11(2)13-6-5-12(3)14(9-13)15-10-18-16(19-15)7-8-17-4/h5-6,9-11,17H,7-8H2,1-4H3. The molecule has 3 heteroatoms. The Balaban J connectivity index is 2.30. The van der Waals surface area contributed by atoms with Crippen LogP contribution in [-0.4, -0.2) is 18.6 Å². The number of likely N-dealkylation sites (N-methyl/N-ethyl adjacent to an activating group) is 1. The van der Waals surface area contributed by atoms with E-state index in [4.69, 9.17) is 0 Å². The lowest BCUT2D eigenvalue weighted by atomic mass is 9.97. The van der Waals surface area contributed by atoms with Crippen molar-refractivity contribution in [2.75, 3.05) is 13.6 Å². The maximum Gasteiger partial charge on any atom is 0.0943 e. The first-order valence-corrected chi connectivity index (χ1v) is 7.63. The summed E-state index contributed by atoms with van der Waals surface area (Å²) < 4.78 is 0. The Bertz CT molecular complexity index is 543. The van der Waals surface area contributed by atoms with Gasteiger partial charge in [0.25, 0.3) is 0 Å². The first-order chi connectivity index (χ1) is 9.11. The molecule has 1 aromatic carbocycles. The van der Waals surface area contributed by atoms with Gasteiger partial charge in [-0.15, -0.1) is 11.3 Å². The van der Waals surface area contributed by atoms with Gasteiger partial charge in [0.2, 0.25) is 0 Å². The lowest BCUT2D eigenvalue weighted by Crippen LogP contribution is -2.09. The van der Waals surface area contributed by atoms with Gasteiger partial charge in [0.05, 0.1) is 9.88 Å². The molecule has 0 saturated heterocycles. The summed E-state index contributed by atoms with van der Waals surface area (Å²) in [6, 6.07) is 6.76. The van der Waals surface area contributed by atoms with Crippen LogP contribution in [0, 0.1) is 6.92 Å². The van der Waals surface area contributed by atoms with Crippen molar-refractivity contribution in [2.45, 2.75) is 33.1 Å². The van der Waals surface area contributed by atoms with Gasteiger partial charge >= 0.3 is 0 Å². The second kappa shape index (κ2) is 6.31. The van der Waals surface area contributed by atoms with Gasteiger partial charge in [0.15, 0.2) is 0 Å². The summed E-state index contributed by atoms with van der Waals surface area (Å²) in [7, 11) is 1.98. The van der Waals surface area contributed by atoms with Crippen molar-refractivity contribution in [2.24, 2.45) is 0 Å². The molecule has 0 unspecified atom stereocenters. The van der Waals surface area contributed by atoms with Gasteiger partial charge in [0.1, 0.15) is 0 Å². The minimum absolute atomic E-state index is 0.566. The van der Waals surface area contributed by atoms with E-state index >= 15 is 0 Å². The summed E-state index contributed by atoms with van der Waals surface area (Å²) in [4.78, 5) is 5.81. The zero-order chi connectivity index (χ0) is 13.8. The fraction of sp³-hybridized carbons (Fsp3) is 0.438. The molecule has 1 aromatic heterocycles. The third kappa shape index (κ3) is 3.43. The lowest BCUT2D eigenvalue weighted by molar-refractivity contribution is 0.787. The predicted octanol–water partition coefficient (Wildman–Crippen LogP) is 4.00. The number of rotatable bonds is 5. The van der Waals surface area contributed by atoms with Crippen LogP contribution in [0.1, 0.15) is 35.9 Å². The molecular weight excluding hydrogens is 252 g/mol. The number of nitrogens with one attached hydrogen (secondary N) is 1. The molecule has 19 heavy (non-hydrogen) atoms. The summed E-state index contributed by atoms with van der Waals surface area (Å²) in [6.45, 7) is 7.63. The highest BCUT2D eigenvalue weighted by Crippen LogP contribution is 2.31. The normalized spacial score (nSPS) is 11.2. The minimum Gasteiger partial charge on any atom is -0.319 e. The number of hydrogen-bond donors (Lipinski definition) is 1. The number of nitrogens with zero attached hydrogens (tertiary/aromatic N) is 1. The van der Waals surface area contributed by atoms with Gasteiger partial charge < -0.3 is 5.32 Å². The molecule has 102 valence electrons. The molecule has 1 N–H and O–H groups in total. The van der Waals surface area contributed by atoms with Gasteiger partial charge in [-0.25, -0.2) is 4.98 Å². The molecular formula is C16H22N2S. The molecule has 2 rings (SSSR count). The first kappa shape index (κ1) is 14.2. The monoisotopic (exact) mass is 274 g/mol. The second-order valence-corrected chi connectivity index (χ2v) is 6.32. The maximum atomic E-state index is 4.52. The molecule has 2 aromatic rings. The van der Waals surface area contributed by atoms with E-state index in [0.717, 1.165) is 13.0 Å². The van der Waals surface area contributed by atoms with Crippen molar-refractivity contribution >= 4 is 11.3 Å². The predicted molar refractivity (Wildman–Crippen MR) is 84.0 cm³/mol. The fourth-order valence-electron chi connectivity index (χ4n) is 2.05. The van der Waals surface area contributed by atoms with Gasteiger partial charge in [-0.3, -0.25) is 0 Å². The summed E-state index contributed by atoms with van der Waals surface area (Å²) >= 11 is 1.81. The van der Waals surface area contributed by atoms with Crippen molar-refractivity contribution in [3.8, 4) is 10.4 Å². The minimum atomic E-state index is 0.566. The van der Waals surface area contributed by atoms with E-state index in [1.807, 2.05) is 24.6 Å². The Hall–Kier alpha value is -1.19. The number of aromatic nitrogens is 1. The molecule has 0 spiro atoms. The highest BCUT2D eigenvalue weighted by atomic mass is 32.1. The molecule has 0 aliphatic rings. The lowest BCUT2D eigenvalue weighted by Gasteiger charge is -2.09. The molecule has 0 amide bonds. The van der Waals surface area contributed by atoms with Crippen LogP contribution in [0.5, 0.6) is 0 Å². The van der Waals surface area contributed by atoms with E-state index < -0.39 is 0 Å². The Kier molecular flexibility index (Phi) is 4.72. The van der Waals surface area contributed by atoms with Crippen LogP contribution in [0.3, 0.4) is 0 Å². The van der Waals surface area contributed by atoms with Gasteiger partial charge in [0, 0.05) is 19.2 Å². The van der Waals surface area contributed by atoms with Gasteiger partial charge in [-0.2, -0.15) is 0 Å². The third-order valence-electron chi connectivity index (χ3n) is 3.34. The van der Waals surface area contributed by atoms with Crippen LogP contribution in [-0.2, 0) is 6.42 Å². The van der Waals surface area contributed by atoms with E-state index in [1.165, 1.54) is 26.6 Å². The summed E-state index contributed by atoms with van der Waals surface area (Å²) in [5.41, 5.74) is 4.05. The van der Waals surface area contributed by atoms with Crippen LogP contribution in [0.4, 0.5) is 0 Å². The van der Waals surface area contributed by atoms with Crippen molar-refractivity contribution in [3.05, 3.63) is 40.5 Å². The molecule has 0 saturated carbocycles. The maximum absolute atomic E-state index is 4.52. The van der Waals surface area contributed by atoms with E-state index in [-0.39, 0.29) is 0 Å². The van der Waals surface area contributed by atoms with Crippen LogP contribution >= 0.6 is 11.3 Å². The Morgan fingerprint density at radius 1 is 1.32 bits per heavy atom. The summed E-state index contributed by atoms with van der Waals surface area (Å²) in [6.07, 6.45) is 3.02. The molecule has 0 bridgehead atoms. The van der Waals surface area contributed by atoms with Crippen molar-refractivity contribution in [3.63, 3.8) is 0 Å². The van der Waals surface area contributed by atoms with E-state index in [2.05, 4.69) is 49.3 Å². The number of benzene rings is 1. The van der Waals surface area contributed by atoms with Gasteiger partial charge in [-0.1, -0.05) is 26.0 Å².